The fraction of sp³-hybridized carbons (Fsp3) is 0.769. The van der Waals surface area contributed by atoms with Gasteiger partial charge in [0, 0.05) is 19.6 Å². The van der Waals surface area contributed by atoms with Crippen molar-refractivity contribution in [3.8, 4) is 6.01 Å². The fourth-order valence-corrected chi connectivity index (χ4v) is 1.93. The van der Waals surface area contributed by atoms with Crippen LogP contribution in [0.15, 0.2) is 0 Å². The van der Waals surface area contributed by atoms with Crippen molar-refractivity contribution in [2.75, 3.05) is 30.4 Å². The van der Waals surface area contributed by atoms with Gasteiger partial charge in [-0.2, -0.15) is 15.0 Å². The maximum Gasteiger partial charge on any atom is 0.323 e. The molecule has 0 amide bonds. The summed E-state index contributed by atoms with van der Waals surface area (Å²) in [6, 6.07) is 0.799. The molecule has 1 N–H and O–H groups in total. The predicted octanol–water partition coefficient (Wildman–Crippen LogP) is 2.33. The molecule has 0 aliphatic carbocycles. The summed E-state index contributed by atoms with van der Waals surface area (Å²) in [5, 5.41) is 3.11. The average molecular weight is 267 g/mol. The van der Waals surface area contributed by atoms with Crippen LogP contribution in [0.4, 0.5) is 11.9 Å². The highest BCUT2D eigenvalue weighted by Crippen LogP contribution is 2.18. The van der Waals surface area contributed by atoms with Crippen LogP contribution in [0.5, 0.6) is 6.01 Å². The van der Waals surface area contributed by atoms with Crippen LogP contribution in [-0.2, 0) is 0 Å². The van der Waals surface area contributed by atoms with Crippen molar-refractivity contribution in [2.45, 2.75) is 46.6 Å². The van der Waals surface area contributed by atoms with Crippen molar-refractivity contribution in [1.82, 2.24) is 15.0 Å². The van der Waals surface area contributed by atoms with Crippen LogP contribution in [-0.4, -0.2) is 41.2 Å². The summed E-state index contributed by atoms with van der Waals surface area (Å²) in [5.41, 5.74) is 0. The molecule has 0 unspecified atom stereocenters. The zero-order chi connectivity index (χ0) is 14.3. The molecule has 1 heterocycles. The first-order valence-electron chi connectivity index (χ1n) is 7.01. The van der Waals surface area contributed by atoms with Crippen molar-refractivity contribution in [3.63, 3.8) is 0 Å². The first-order valence-corrected chi connectivity index (χ1v) is 7.01. The number of hydrogen-bond acceptors (Lipinski definition) is 6. The Morgan fingerprint density at radius 1 is 1.11 bits per heavy atom. The molecule has 0 aromatic carbocycles. The molecule has 0 atom stereocenters. The molecule has 0 bridgehead atoms. The highest BCUT2D eigenvalue weighted by atomic mass is 16.5. The van der Waals surface area contributed by atoms with E-state index >= 15 is 0 Å². The number of ether oxygens (including phenoxy) is 1. The van der Waals surface area contributed by atoms with Gasteiger partial charge in [0.05, 0.1) is 6.61 Å². The minimum absolute atomic E-state index is 0.376. The number of aromatic nitrogens is 3. The summed E-state index contributed by atoms with van der Waals surface area (Å²) >= 11 is 0. The lowest BCUT2D eigenvalue weighted by molar-refractivity contribution is 0.311. The highest BCUT2D eigenvalue weighted by Gasteiger charge is 2.16. The third-order valence-electron chi connectivity index (χ3n) is 3.02. The number of nitrogens with one attached hydrogen (secondary N) is 1. The SMILES string of the molecule is CCNc1nc(OCC)nc(N(C)C(CC)CC)n1. The normalized spacial score (nSPS) is 10.6. The molecule has 108 valence electrons. The molecule has 6 heteroatoms. The largest absolute Gasteiger partial charge is 0.464 e. The second kappa shape index (κ2) is 7.76. The summed E-state index contributed by atoms with van der Waals surface area (Å²) in [7, 11) is 2.01. The van der Waals surface area contributed by atoms with E-state index in [1.165, 1.54) is 0 Å². The molecule has 1 rings (SSSR count). The molecule has 0 fully saturated rings. The Bertz CT molecular complexity index is 357. The Kier molecular flexibility index (Phi) is 6.32. The van der Waals surface area contributed by atoms with Crippen molar-refractivity contribution in [2.24, 2.45) is 0 Å². The molecule has 0 aliphatic rings. The average Bonchev–Trinajstić information content (AvgIpc) is 2.40. The smallest absolute Gasteiger partial charge is 0.323 e. The molecular weight excluding hydrogens is 242 g/mol. The van der Waals surface area contributed by atoms with Crippen molar-refractivity contribution in [3.05, 3.63) is 0 Å². The molecular formula is C13H25N5O. The number of hydrogen-bond donors (Lipinski definition) is 1. The third kappa shape index (κ3) is 4.22. The van der Waals surface area contributed by atoms with Crippen LogP contribution in [0, 0.1) is 0 Å². The van der Waals surface area contributed by atoms with E-state index in [0.29, 0.717) is 30.6 Å². The third-order valence-corrected chi connectivity index (χ3v) is 3.02. The quantitative estimate of drug-likeness (QED) is 0.780. The molecule has 6 nitrogen and oxygen atoms in total. The van der Waals surface area contributed by atoms with Gasteiger partial charge in [-0.05, 0) is 26.7 Å². The van der Waals surface area contributed by atoms with Crippen molar-refractivity contribution < 1.29 is 4.74 Å². The Balaban J connectivity index is 3.03. The Labute approximate surface area is 115 Å². The molecule has 1 aromatic rings. The molecule has 1 aromatic heterocycles. The van der Waals surface area contributed by atoms with Gasteiger partial charge in [-0.25, -0.2) is 0 Å². The van der Waals surface area contributed by atoms with Gasteiger partial charge in [-0.3, -0.25) is 0 Å². The van der Waals surface area contributed by atoms with Crippen LogP contribution < -0.4 is 15.0 Å². The van der Waals surface area contributed by atoms with E-state index in [2.05, 4.69) is 39.0 Å². The Morgan fingerprint density at radius 3 is 2.32 bits per heavy atom. The molecule has 0 saturated carbocycles. The number of rotatable bonds is 8. The van der Waals surface area contributed by atoms with Crippen LogP contribution in [0.1, 0.15) is 40.5 Å². The van der Waals surface area contributed by atoms with E-state index in [1.807, 2.05) is 20.9 Å². The van der Waals surface area contributed by atoms with Crippen LogP contribution in [0.2, 0.25) is 0 Å². The lowest BCUT2D eigenvalue weighted by Crippen LogP contribution is -2.32. The van der Waals surface area contributed by atoms with Crippen LogP contribution >= 0.6 is 0 Å². The maximum atomic E-state index is 5.40. The fourth-order valence-electron chi connectivity index (χ4n) is 1.93. The van der Waals surface area contributed by atoms with E-state index < -0.39 is 0 Å². The van der Waals surface area contributed by atoms with E-state index in [9.17, 15) is 0 Å². The summed E-state index contributed by atoms with van der Waals surface area (Å²) in [6.45, 7) is 9.57. The minimum atomic E-state index is 0.376. The van der Waals surface area contributed by atoms with Crippen LogP contribution in [0.3, 0.4) is 0 Å². The summed E-state index contributed by atoms with van der Waals surface area (Å²) in [5.74, 6) is 1.22. The molecule has 0 radical (unpaired) electrons. The van der Waals surface area contributed by atoms with E-state index in [0.717, 1.165) is 19.4 Å². The number of anilines is 2. The topological polar surface area (TPSA) is 63.2 Å². The Morgan fingerprint density at radius 2 is 1.79 bits per heavy atom. The predicted molar refractivity (Wildman–Crippen MR) is 77.9 cm³/mol. The first kappa shape index (κ1) is 15.5. The van der Waals surface area contributed by atoms with Gasteiger partial charge in [0.1, 0.15) is 0 Å². The van der Waals surface area contributed by atoms with Gasteiger partial charge in [-0.15, -0.1) is 0 Å². The second-order valence-corrected chi connectivity index (χ2v) is 4.29. The van der Waals surface area contributed by atoms with Crippen molar-refractivity contribution in [1.29, 1.82) is 0 Å². The van der Waals surface area contributed by atoms with Gasteiger partial charge in [0.15, 0.2) is 0 Å². The van der Waals surface area contributed by atoms with E-state index in [4.69, 9.17) is 4.74 Å². The zero-order valence-electron chi connectivity index (χ0n) is 12.6. The van der Waals surface area contributed by atoms with Gasteiger partial charge < -0.3 is 15.0 Å². The molecule has 0 aliphatic heterocycles. The molecule has 0 saturated heterocycles. The van der Waals surface area contributed by atoms with Gasteiger partial charge in [-0.1, -0.05) is 13.8 Å². The summed E-state index contributed by atoms with van der Waals surface area (Å²) in [6.07, 6.45) is 2.11. The molecule has 19 heavy (non-hydrogen) atoms. The van der Waals surface area contributed by atoms with Crippen LogP contribution in [0.25, 0.3) is 0 Å². The maximum absolute atomic E-state index is 5.40. The standard InChI is InChI=1S/C13H25N5O/c1-6-10(7-2)18(5)12-15-11(14-8-3)16-13(17-12)19-9-4/h10H,6-9H2,1-5H3,(H,14,15,16,17). The Hall–Kier alpha value is -1.59. The molecule has 0 spiro atoms. The van der Waals surface area contributed by atoms with Gasteiger partial charge in [0.25, 0.3) is 0 Å². The minimum Gasteiger partial charge on any atom is -0.464 e. The van der Waals surface area contributed by atoms with E-state index in [-0.39, 0.29) is 0 Å². The second-order valence-electron chi connectivity index (χ2n) is 4.29. The summed E-state index contributed by atoms with van der Waals surface area (Å²) < 4.78 is 5.40. The monoisotopic (exact) mass is 267 g/mol. The van der Waals surface area contributed by atoms with Gasteiger partial charge in [0.2, 0.25) is 11.9 Å². The van der Waals surface area contributed by atoms with Crippen molar-refractivity contribution >= 4 is 11.9 Å². The van der Waals surface area contributed by atoms with E-state index in [1.54, 1.807) is 0 Å². The lowest BCUT2D eigenvalue weighted by atomic mass is 10.1. The number of nitrogens with zero attached hydrogens (tertiary/aromatic N) is 4. The zero-order valence-corrected chi connectivity index (χ0v) is 12.6. The summed E-state index contributed by atoms with van der Waals surface area (Å²) in [4.78, 5) is 15.1. The highest BCUT2D eigenvalue weighted by molar-refractivity contribution is 5.38. The van der Waals surface area contributed by atoms with Gasteiger partial charge >= 0.3 is 6.01 Å². The first-order chi connectivity index (χ1) is 9.15. The lowest BCUT2D eigenvalue weighted by Gasteiger charge is -2.26.